The second kappa shape index (κ2) is 6.53. The zero-order valence-electron chi connectivity index (χ0n) is 11.9. The Morgan fingerprint density at radius 2 is 1.95 bits per heavy atom. The van der Waals surface area contributed by atoms with E-state index in [1.54, 1.807) is 0 Å². The Hall–Kier alpha value is -0.870. The fourth-order valence-corrected chi connectivity index (χ4v) is 2.64. The second-order valence-electron chi connectivity index (χ2n) is 4.87. The molecule has 1 aromatic heterocycles. The monoisotopic (exact) mass is 283 g/mol. The lowest BCUT2D eigenvalue weighted by Gasteiger charge is -2.33. The molecule has 0 radical (unpaired) electrons. The Balaban J connectivity index is 2.12. The van der Waals surface area contributed by atoms with Crippen molar-refractivity contribution in [2.45, 2.75) is 46.1 Å². The standard InChI is InChI=1S/C14H22ClN3O/c1-4-12-16-13(15)10(3)14(17-12)18-8-6-11(7-9-18)19-5-2/h11H,4-9H2,1-3H3. The number of aryl methyl sites for hydroxylation is 1. The van der Waals surface area contributed by atoms with Gasteiger partial charge in [-0.25, -0.2) is 9.97 Å². The molecule has 0 N–H and O–H groups in total. The summed E-state index contributed by atoms with van der Waals surface area (Å²) in [5.41, 5.74) is 0.980. The summed E-state index contributed by atoms with van der Waals surface area (Å²) in [4.78, 5) is 11.2. The highest BCUT2D eigenvalue weighted by atomic mass is 35.5. The van der Waals surface area contributed by atoms with Gasteiger partial charge in [-0.15, -0.1) is 0 Å². The van der Waals surface area contributed by atoms with Crippen molar-refractivity contribution in [2.75, 3.05) is 24.6 Å². The molecule has 0 spiro atoms. The van der Waals surface area contributed by atoms with Crippen LogP contribution in [0.4, 0.5) is 5.82 Å². The zero-order chi connectivity index (χ0) is 13.8. The maximum atomic E-state index is 6.19. The summed E-state index contributed by atoms with van der Waals surface area (Å²) < 4.78 is 5.68. The zero-order valence-corrected chi connectivity index (χ0v) is 12.7. The van der Waals surface area contributed by atoms with Crippen molar-refractivity contribution in [3.63, 3.8) is 0 Å². The number of hydrogen-bond acceptors (Lipinski definition) is 4. The molecule has 0 aromatic carbocycles. The van der Waals surface area contributed by atoms with Crippen LogP contribution in [0.15, 0.2) is 0 Å². The number of rotatable bonds is 4. The largest absolute Gasteiger partial charge is 0.378 e. The maximum Gasteiger partial charge on any atom is 0.137 e. The Morgan fingerprint density at radius 3 is 2.53 bits per heavy atom. The molecule has 5 heteroatoms. The molecule has 0 aliphatic carbocycles. The number of nitrogens with zero attached hydrogens (tertiary/aromatic N) is 3. The van der Waals surface area contributed by atoms with Gasteiger partial charge in [-0.1, -0.05) is 18.5 Å². The van der Waals surface area contributed by atoms with Crippen molar-refractivity contribution in [3.8, 4) is 0 Å². The first-order chi connectivity index (χ1) is 9.15. The third kappa shape index (κ3) is 3.37. The molecule has 0 unspecified atom stereocenters. The SMILES string of the molecule is CCOC1CCN(c2nc(CC)nc(Cl)c2C)CC1. The second-order valence-corrected chi connectivity index (χ2v) is 5.23. The minimum Gasteiger partial charge on any atom is -0.378 e. The summed E-state index contributed by atoms with van der Waals surface area (Å²) in [6.07, 6.45) is 3.30. The molecule has 1 aliphatic heterocycles. The third-order valence-corrected chi connectivity index (χ3v) is 3.94. The van der Waals surface area contributed by atoms with Crippen LogP contribution in [0, 0.1) is 6.92 Å². The smallest absolute Gasteiger partial charge is 0.137 e. The van der Waals surface area contributed by atoms with E-state index < -0.39 is 0 Å². The molecule has 1 saturated heterocycles. The van der Waals surface area contributed by atoms with E-state index in [4.69, 9.17) is 16.3 Å². The van der Waals surface area contributed by atoms with E-state index in [9.17, 15) is 0 Å². The molecule has 1 fully saturated rings. The van der Waals surface area contributed by atoms with Crippen LogP contribution in [-0.2, 0) is 11.2 Å². The van der Waals surface area contributed by atoms with Crippen LogP contribution in [0.5, 0.6) is 0 Å². The van der Waals surface area contributed by atoms with Gasteiger partial charge in [-0.05, 0) is 26.7 Å². The van der Waals surface area contributed by atoms with Gasteiger partial charge in [0.15, 0.2) is 0 Å². The summed E-state index contributed by atoms with van der Waals surface area (Å²) >= 11 is 6.19. The van der Waals surface area contributed by atoms with E-state index in [-0.39, 0.29) is 0 Å². The Bertz CT molecular complexity index is 431. The van der Waals surface area contributed by atoms with Gasteiger partial charge in [0.25, 0.3) is 0 Å². The van der Waals surface area contributed by atoms with E-state index in [0.717, 1.165) is 56.2 Å². The van der Waals surface area contributed by atoms with Gasteiger partial charge in [0.05, 0.1) is 6.10 Å². The first-order valence-corrected chi connectivity index (χ1v) is 7.43. The van der Waals surface area contributed by atoms with Gasteiger partial charge in [0, 0.05) is 31.7 Å². The highest BCUT2D eigenvalue weighted by Gasteiger charge is 2.22. The minimum absolute atomic E-state index is 0.393. The highest BCUT2D eigenvalue weighted by molar-refractivity contribution is 6.30. The minimum atomic E-state index is 0.393. The first-order valence-electron chi connectivity index (χ1n) is 7.05. The fraction of sp³-hybridized carbons (Fsp3) is 0.714. The highest BCUT2D eigenvalue weighted by Crippen LogP contribution is 2.26. The summed E-state index contributed by atoms with van der Waals surface area (Å²) in [5.74, 6) is 1.81. The van der Waals surface area contributed by atoms with Crippen LogP contribution < -0.4 is 4.90 Å². The van der Waals surface area contributed by atoms with E-state index in [0.29, 0.717) is 11.3 Å². The predicted octanol–water partition coefficient (Wildman–Crippen LogP) is 3.01. The van der Waals surface area contributed by atoms with Crippen LogP contribution in [0.1, 0.15) is 38.1 Å². The lowest BCUT2D eigenvalue weighted by molar-refractivity contribution is 0.0458. The van der Waals surface area contributed by atoms with Crippen LogP contribution in [0.25, 0.3) is 0 Å². The van der Waals surface area contributed by atoms with Crippen molar-refractivity contribution in [2.24, 2.45) is 0 Å². The van der Waals surface area contributed by atoms with Gasteiger partial charge in [0.1, 0.15) is 16.8 Å². The van der Waals surface area contributed by atoms with Crippen molar-refractivity contribution < 1.29 is 4.74 Å². The van der Waals surface area contributed by atoms with Crippen LogP contribution in [0.3, 0.4) is 0 Å². The van der Waals surface area contributed by atoms with Crippen molar-refractivity contribution in [1.82, 2.24) is 9.97 Å². The van der Waals surface area contributed by atoms with Crippen LogP contribution >= 0.6 is 11.6 Å². The number of hydrogen-bond donors (Lipinski definition) is 0. The molecule has 4 nitrogen and oxygen atoms in total. The average Bonchev–Trinajstić information content (AvgIpc) is 2.43. The van der Waals surface area contributed by atoms with Crippen molar-refractivity contribution in [3.05, 3.63) is 16.5 Å². The van der Waals surface area contributed by atoms with E-state index in [1.807, 2.05) is 20.8 Å². The van der Waals surface area contributed by atoms with Crippen LogP contribution in [-0.4, -0.2) is 35.8 Å². The Labute approximate surface area is 120 Å². The average molecular weight is 284 g/mol. The molecule has 0 saturated carbocycles. The fourth-order valence-electron chi connectivity index (χ4n) is 2.46. The van der Waals surface area contributed by atoms with Crippen LogP contribution in [0.2, 0.25) is 5.15 Å². The van der Waals surface area contributed by atoms with Crippen molar-refractivity contribution >= 4 is 17.4 Å². The van der Waals surface area contributed by atoms with E-state index in [1.165, 1.54) is 0 Å². The van der Waals surface area contributed by atoms with E-state index >= 15 is 0 Å². The lowest BCUT2D eigenvalue weighted by atomic mass is 10.1. The number of aromatic nitrogens is 2. The lowest BCUT2D eigenvalue weighted by Crippen LogP contribution is -2.38. The molecule has 106 valence electrons. The van der Waals surface area contributed by atoms with Gasteiger partial charge in [-0.2, -0.15) is 0 Å². The Kier molecular flexibility index (Phi) is 4.99. The number of halogens is 1. The molecule has 1 aliphatic rings. The number of ether oxygens (including phenoxy) is 1. The summed E-state index contributed by atoms with van der Waals surface area (Å²) in [6, 6.07) is 0. The molecule has 1 aromatic rings. The predicted molar refractivity (Wildman–Crippen MR) is 78.0 cm³/mol. The molecular weight excluding hydrogens is 262 g/mol. The molecule has 0 amide bonds. The van der Waals surface area contributed by atoms with Gasteiger partial charge < -0.3 is 9.64 Å². The van der Waals surface area contributed by atoms with E-state index in [2.05, 4.69) is 14.9 Å². The normalized spacial score (nSPS) is 16.9. The number of anilines is 1. The quantitative estimate of drug-likeness (QED) is 0.796. The van der Waals surface area contributed by atoms with Gasteiger partial charge >= 0.3 is 0 Å². The molecule has 2 rings (SSSR count). The Morgan fingerprint density at radius 1 is 1.26 bits per heavy atom. The molecule has 2 heterocycles. The summed E-state index contributed by atoms with van der Waals surface area (Å²) in [7, 11) is 0. The number of piperidine rings is 1. The molecule has 19 heavy (non-hydrogen) atoms. The topological polar surface area (TPSA) is 38.2 Å². The maximum absolute atomic E-state index is 6.19. The summed E-state index contributed by atoms with van der Waals surface area (Å²) in [5, 5.41) is 0.578. The molecular formula is C14H22ClN3O. The third-order valence-electron chi connectivity index (χ3n) is 3.57. The van der Waals surface area contributed by atoms with Gasteiger partial charge in [0.2, 0.25) is 0 Å². The van der Waals surface area contributed by atoms with Gasteiger partial charge in [-0.3, -0.25) is 0 Å². The summed E-state index contributed by atoms with van der Waals surface area (Å²) in [6.45, 7) is 8.83. The molecule has 0 bridgehead atoms. The molecule has 0 atom stereocenters. The first kappa shape index (κ1) is 14.5. The van der Waals surface area contributed by atoms with Crippen molar-refractivity contribution in [1.29, 1.82) is 0 Å².